The molecule has 0 atom stereocenters. The number of benzene rings is 1. The highest BCUT2D eigenvalue weighted by Gasteiger charge is 2.30. The predicted octanol–water partition coefficient (Wildman–Crippen LogP) is 3.47. The van der Waals surface area contributed by atoms with Crippen LogP contribution in [0.25, 0.3) is 11.4 Å². The molecule has 33 heavy (non-hydrogen) atoms. The third-order valence-electron chi connectivity index (χ3n) is 5.94. The summed E-state index contributed by atoms with van der Waals surface area (Å²) < 4.78 is 32.6. The second-order valence-electron chi connectivity index (χ2n) is 8.43. The van der Waals surface area contributed by atoms with Gasteiger partial charge in [-0.15, -0.1) is 0 Å². The third kappa shape index (κ3) is 4.93. The van der Waals surface area contributed by atoms with Gasteiger partial charge >= 0.3 is 0 Å². The minimum Gasteiger partial charge on any atom is -0.300 e. The van der Waals surface area contributed by atoms with Crippen molar-refractivity contribution in [1.82, 2.24) is 28.5 Å². The lowest BCUT2D eigenvalue weighted by molar-refractivity contribution is 0.144. The maximum absolute atomic E-state index is 13.2. The molecule has 4 rings (SSSR count). The second-order valence-corrected chi connectivity index (χ2v) is 10.7. The van der Waals surface area contributed by atoms with Crippen molar-refractivity contribution in [3.05, 3.63) is 58.6 Å². The summed E-state index contributed by atoms with van der Waals surface area (Å²) in [6.45, 7) is 9.32. The van der Waals surface area contributed by atoms with Crippen LogP contribution in [0, 0.1) is 18.6 Å². The number of aryl methyl sites for hydroxylation is 2. The molecule has 3 aromatic rings. The fourth-order valence-corrected chi connectivity index (χ4v) is 6.11. The predicted molar refractivity (Wildman–Crippen MR) is 131 cm³/mol. The highest BCUT2D eigenvalue weighted by Crippen LogP contribution is 2.23. The van der Waals surface area contributed by atoms with Crippen LogP contribution >= 0.6 is 12.2 Å². The van der Waals surface area contributed by atoms with Gasteiger partial charge in [0.15, 0.2) is 10.6 Å². The third-order valence-corrected chi connectivity index (χ3v) is 8.41. The Kier molecular flexibility index (Phi) is 7.08. The standard InChI is InChI=1S/C23H30N6O2S2/c1-4-11-28-22(20-7-9-24-10-8-20)25-29(23(28)32)17-26-12-14-27(15-13-26)33(30,31)21-16-18(2)5-6-19(21)3/h5-10,16H,4,11-15,17H2,1-3H3. The van der Waals surface area contributed by atoms with Gasteiger partial charge in [-0.05, 0) is 61.8 Å². The monoisotopic (exact) mass is 486 g/mol. The molecule has 1 aliphatic rings. The van der Waals surface area contributed by atoms with Gasteiger partial charge in [0.05, 0.1) is 11.6 Å². The normalized spacial score (nSPS) is 15.7. The lowest BCUT2D eigenvalue weighted by atomic mass is 10.2. The highest BCUT2D eigenvalue weighted by molar-refractivity contribution is 7.89. The van der Waals surface area contributed by atoms with E-state index < -0.39 is 10.0 Å². The van der Waals surface area contributed by atoms with Gasteiger partial charge in [0.25, 0.3) is 0 Å². The zero-order valence-corrected chi connectivity index (χ0v) is 20.9. The van der Waals surface area contributed by atoms with Crippen molar-refractivity contribution < 1.29 is 8.42 Å². The van der Waals surface area contributed by atoms with Gasteiger partial charge in [0.1, 0.15) is 0 Å². The number of pyridine rings is 1. The van der Waals surface area contributed by atoms with Gasteiger partial charge in [-0.1, -0.05) is 19.1 Å². The molecule has 0 aliphatic carbocycles. The van der Waals surface area contributed by atoms with Crippen LogP contribution in [-0.2, 0) is 23.2 Å². The Labute approximate surface area is 200 Å². The van der Waals surface area contributed by atoms with Gasteiger partial charge in [-0.25, -0.2) is 13.1 Å². The maximum atomic E-state index is 13.2. The first kappa shape index (κ1) is 23.7. The zero-order valence-electron chi connectivity index (χ0n) is 19.3. The maximum Gasteiger partial charge on any atom is 0.243 e. The van der Waals surface area contributed by atoms with Gasteiger partial charge in [-0.3, -0.25) is 14.5 Å². The first-order chi connectivity index (χ1) is 15.8. The fraction of sp³-hybridized carbons (Fsp3) is 0.435. The Morgan fingerprint density at radius 1 is 1.03 bits per heavy atom. The summed E-state index contributed by atoms with van der Waals surface area (Å²) in [5.41, 5.74) is 2.70. The van der Waals surface area contributed by atoms with E-state index in [0.717, 1.165) is 35.5 Å². The average Bonchev–Trinajstić information content (AvgIpc) is 3.12. The Morgan fingerprint density at radius 2 is 1.73 bits per heavy atom. The molecule has 1 aromatic carbocycles. The van der Waals surface area contributed by atoms with Crippen LogP contribution in [0.3, 0.4) is 0 Å². The molecule has 0 amide bonds. The summed E-state index contributed by atoms with van der Waals surface area (Å²) in [7, 11) is -3.51. The van der Waals surface area contributed by atoms with Crippen LogP contribution in [0.4, 0.5) is 0 Å². The molecule has 2 aromatic heterocycles. The molecule has 0 saturated carbocycles. The van der Waals surface area contributed by atoms with Crippen molar-refractivity contribution in [1.29, 1.82) is 0 Å². The van der Waals surface area contributed by atoms with Crippen molar-refractivity contribution in [3.63, 3.8) is 0 Å². The summed E-state index contributed by atoms with van der Waals surface area (Å²) in [5.74, 6) is 0.834. The summed E-state index contributed by atoms with van der Waals surface area (Å²) in [6.07, 6.45) is 4.46. The van der Waals surface area contributed by atoms with E-state index in [1.807, 2.05) is 42.8 Å². The number of hydrogen-bond acceptors (Lipinski definition) is 6. The van der Waals surface area contributed by atoms with Crippen molar-refractivity contribution in [2.24, 2.45) is 0 Å². The van der Waals surface area contributed by atoms with Crippen LogP contribution in [0.15, 0.2) is 47.6 Å². The number of hydrogen-bond donors (Lipinski definition) is 0. The van der Waals surface area contributed by atoms with Crippen LogP contribution in [0.1, 0.15) is 24.5 Å². The molecule has 0 N–H and O–H groups in total. The largest absolute Gasteiger partial charge is 0.300 e. The summed E-state index contributed by atoms with van der Waals surface area (Å²) in [6, 6.07) is 9.44. The first-order valence-corrected chi connectivity index (χ1v) is 13.0. The average molecular weight is 487 g/mol. The van der Waals surface area contributed by atoms with Crippen LogP contribution in [0.2, 0.25) is 0 Å². The van der Waals surface area contributed by atoms with Gasteiger partial charge in [0, 0.05) is 50.7 Å². The molecule has 10 heteroatoms. The minimum absolute atomic E-state index is 0.401. The molecule has 176 valence electrons. The molecule has 3 heterocycles. The Bertz CT molecular complexity index is 1280. The van der Waals surface area contributed by atoms with Crippen LogP contribution < -0.4 is 0 Å². The fourth-order valence-electron chi connectivity index (χ4n) is 4.10. The number of aromatic nitrogens is 4. The van der Waals surface area contributed by atoms with Gasteiger partial charge in [0.2, 0.25) is 10.0 Å². The molecule has 0 bridgehead atoms. The van der Waals surface area contributed by atoms with Gasteiger partial charge in [-0.2, -0.15) is 9.40 Å². The van der Waals surface area contributed by atoms with E-state index in [9.17, 15) is 8.42 Å². The van der Waals surface area contributed by atoms with E-state index in [1.54, 1.807) is 22.8 Å². The number of rotatable bonds is 7. The SMILES string of the molecule is CCCn1c(-c2ccncc2)nn(CN2CCN(S(=O)(=O)c3cc(C)ccc3C)CC2)c1=S. The van der Waals surface area contributed by atoms with E-state index in [2.05, 4.69) is 21.4 Å². The van der Waals surface area contributed by atoms with Crippen LogP contribution in [-0.4, -0.2) is 63.1 Å². The molecular weight excluding hydrogens is 456 g/mol. The molecule has 0 unspecified atom stereocenters. The second kappa shape index (κ2) is 9.84. The summed E-state index contributed by atoms with van der Waals surface area (Å²) >= 11 is 5.73. The van der Waals surface area contributed by atoms with Crippen molar-refractivity contribution in [3.8, 4) is 11.4 Å². The lowest BCUT2D eigenvalue weighted by Crippen LogP contribution is -2.49. The molecular formula is C23H30N6O2S2. The molecule has 1 aliphatic heterocycles. The molecule has 1 fully saturated rings. The van der Waals surface area contributed by atoms with E-state index in [4.69, 9.17) is 17.3 Å². The molecule has 0 spiro atoms. The lowest BCUT2D eigenvalue weighted by Gasteiger charge is -2.34. The number of piperazine rings is 1. The highest BCUT2D eigenvalue weighted by atomic mass is 32.2. The molecule has 1 saturated heterocycles. The van der Waals surface area contributed by atoms with Crippen molar-refractivity contribution in [2.45, 2.75) is 45.3 Å². The molecule has 0 radical (unpaired) electrons. The van der Waals surface area contributed by atoms with Gasteiger partial charge < -0.3 is 0 Å². The smallest absolute Gasteiger partial charge is 0.243 e. The van der Waals surface area contributed by atoms with E-state index >= 15 is 0 Å². The minimum atomic E-state index is -3.51. The quantitative estimate of drug-likeness (QED) is 0.476. The van der Waals surface area contributed by atoms with E-state index in [1.165, 1.54) is 0 Å². The topological polar surface area (TPSA) is 76.3 Å². The summed E-state index contributed by atoms with van der Waals surface area (Å²) in [5, 5.41) is 4.80. The van der Waals surface area contributed by atoms with Crippen molar-refractivity contribution >= 4 is 22.2 Å². The van der Waals surface area contributed by atoms with Crippen molar-refractivity contribution in [2.75, 3.05) is 26.2 Å². The number of nitrogens with zero attached hydrogens (tertiary/aromatic N) is 6. The zero-order chi connectivity index (χ0) is 23.6. The number of sulfonamides is 1. The van der Waals surface area contributed by atoms with E-state index in [-0.39, 0.29) is 0 Å². The Morgan fingerprint density at radius 3 is 2.39 bits per heavy atom. The van der Waals surface area contributed by atoms with E-state index in [0.29, 0.717) is 42.5 Å². The first-order valence-electron chi connectivity index (χ1n) is 11.2. The molecule has 8 nitrogen and oxygen atoms in total. The Balaban J connectivity index is 1.49. The summed E-state index contributed by atoms with van der Waals surface area (Å²) in [4.78, 5) is 6.70. The Hall–Kier alpha value is -2.40. The van der Waals surface area contributed by atoms with Crippen LogP contribution in [0.5, 0.6) is 0 Å².